The van der Waals surface area contributed by atoms with E-state index in [-0.39, 0.29) is 24.5 Å². The second-order valence-corrected chi connectivity index (χ2v) is 5.33. The Morgan fingerprint density at radius 2 is 2.35 bits per heavy atom. The van der Waals surface area contributed by atoms with Crippen molar-refractivity contribution in [1.29, 1.82) is 0 Å². The lowest BCUT2D eigenvalue weighted by Gasteiger charge is -2.32. The number of hydrogen-bond donors (Lipinski definition) is 1. The maximum atomic E-state index is 12.2. The third-order valence-electron chi connectivity index (χ3n) is 3.62. The van der Waals surface area contributed by atoms with E-state index in [0.717, 1.165) is 0 Å². The number of ether oxygens (including phenoxy) is 2. The second kappa shape index (κ2) is 7.19. The molecule has 0 radical (unpaired) electrons. The highest BCUT2D eigenvalue weighted by Gasteiger charge is 2.29. The molecule has 2 aromatic heterocycles. The summed E-state index contributed by atoms with van der Waals surface area (Å²) in [6, 6.07) is 5.23. The summed E-state index contributed by atoms with van der Waals surface area (Å²) in [5, 5.41) is 10.3. The van der Waals surface area contributed by atoms with Crippen molar-refractivity contribution in [2.45, 2.75) is 31.9 Å². The Bertz CT molecular complexity index is 646. The van der Waals surface area contributed by atoms with Crippen molar-refractivity contribution in [2.75, 3.05) is 13.2 Å². The first-order valence-corrected chi connectivity index (χ1v) is 7.45. The zero-order valence-corrected chi connectivity index (χ0v) is 12.8. The molecule has 23 heavy (non-hydrogen) atoms. The van der Waals surface area contributed by atoms with Gasteiger partial charge >= 0.3 is 0 Å². The Labute approximate surface area is 133 Å². The van der Waals surface area contributed by atoms with Gasteiger partial charge in [-0.05, 0) is 13.0 Å². The molecule has 1 fully saturated rings. The van der Waals surface area contributed by atoms with E-state index in [0.29, 0.717) is 36.9 Å². The first-order chi connectivity index (χ1) is 11.2. The lowest BCUT2D eigenvalue weighted by molar-refractivity contribution is -0.123. The Kier molecular flexibility index (Phi) is 4.82. The summed E-state index contributed by atoms with van der Waals surface area (Å²) >= 11 is 0. The van der Waals surface area contributed by atoms with Crippen LogP contribution in [0.3, 0.4) is 0 Å². The van der Waals surface area contributed by atoms with Gasteiger partial charge in [-0.1, -0.05) is 16.4 Å². The first-order valence-electron chi connectivity index (χ1n) is 7.45. The standard InChI is InChI=1S/C15H18N4O4/c1-10-11(19-23-18-10)8-14(20)17-12-9-21-7-5-13(12)22-15-4-2-3-6-16-15/h2-4,6,12-13H,5,7-9H2,1H3,(H,17,20). The molecule has 0 bridgehead atoms. The molecule has 8 nitrogen and oxygen atoms in total. The predicted molar refractivity (Wildman–Crippen MR) is 78.8 cm³/mol. The van der Waals surface area contributed by atoms with Crippen LogP contribution in [-0.4, -0.2) is 46.6 Å². The minimum Gasteiger partial charge on any atom is -0.472 e. The van der Waals surface area contributed by atoms with Crippen molar-refractivity contribution < 1.29 is 18.9 Å². The van der Waals surface area contributed by atoms with E-state index in [1.54, 1.807) is 19.2 Å². The largest absolute Gasteiger partial charge is 0.472 e. The topological polar surface area (TPSA) is 99.4 Å². The molecule has 1 aliphatic heterocycles. The zero-order valence-electron chi connectivity index (χ0n) is 12.8. The normalized spacial score (nSPS) is 20.9. The van der Waals surface area contributed by atoms with Gasteiger partial charge in [0.2, 0.25) is 11.8 Å². The summed E-state index contributed by atoms with van der Waals surface area (Å²) in [4.78, 5) is 16.3. The fourth-order valence-corrected chi connectivity index (χ4v) is 2.39. The zero-order chi connectivity index (χ0) is 16.1. The molecule has 2 unspecified atom stereocenters. The number of carbonyl (C=O) groups excluding carboxylic acids is 1. The average Bonchev–Trinajstić information content (AvgIpc) is 2.95. The summed E-state index contributed by atoms with van der Waals surface area (Å²) in [6.07, 6.45) is 2.29. The molecule has 2 atom stereocenters. The van der Waals surface area contributed by atoms with Crippen LogP contribution in [0.1, 0.15) is 17.8 Å². The van der Waals surface area contributed by atoms with Gasteiger partial charge in [-0.15, -0.1) is 0 Å². The number of aryl methyl sites for hydroxylation is 1. The first kappa shape index (κ1) is 15.4. The summed E-state index contributed by atoms with van der Waals surface area (Å²) in [7, 11) is 0. The van der Waals surface area contributed by atoms with E-state index in [2.05, 4.69) is 25.2 Å². The van der Waals surface area contributed by atoms with Crippen LogP contribution >= 0.6 is 0 Å². The minimum atomic E-state index is -0.238. The summed E-state index contributed by atoms with van der Waals surface area (Å²) in [5.74, 6) is 0.365. The monoisotopic (exact) mass is 318 g/mol. The van der Waals surface area contributed by atoms with Crippen molar-refractivity contribution in [3.05, 3.63) is 35.8 Å². The van der Waals surface area contributed by atoms with E-state index in [1.807, 2.05) is 12.1 Å². The third-order valence-corrected chi connectivity index (χ3v) is 3.62. The van der Waals surface area contributed by atoms with E-state index >= 15 is 0 Å². The summed E-state index contributed by atoms with van der Waals surface area (Å²) in [6.45, 7) is 2.74. The highest BCUT2D eigenvalue weighted by molar-refractivity contribution is 5.78. The van der Waals surface area contributed by atoms with E-state index in [9.17, 15) is 4.79 Å². The third kappa shape index (κ3) is 4.04. The minimum absolute atomic E-state index is 0.113. The van der Waals surface area contributed by atoms with Gasteiger partial charge in [0.15, 0.2) is 0 Å². The van der Waals surface area contributed by atoms with Gasteiger partial charge in [-0.25, -0.2) is 9.61 Å². The molecule has 122 valence electrons. The molecule has 1 aliphatic rings. The molecule has 0 spiro atoms. The van der Waals surface area contributed by atoms with Crippen LogP contribution in [0.4, 0.5) is 0 Å². The number of hydrogen-bond acceptors (Lipinski definition) is 7. The van der Waals surface area contributed by atoms with Crippen LogP contribution in [-0.2, 0) is 16.0 Å². The number of carbonyl (C=O) groups is 1. The highest BCUT2D eigenvalue weighted by atomic mass is 16.6. The van der Waals surface area contributed by atoms with Crippen molar-refractivity contribution >= 4 is 5.91 Å². The molecule has 0 aromatic carbocycles. The molecule has 2 aromatic rings. The maximum Gasteiger partial charge on any atom is 0.226 e. The molecule has 1 amide bonds. The average molecular weight is 318 g/mol. The van der Waals surface area contributed by atoms with Crippen LogP contribution < -0.4 is 10.1 Å². The number of pyridine rings is 1. The maximum absolute atomic E-state index is 12.2. The molecule has 1 N–H and O–H groups in total. The van der Waals surface area contributed by atoms with Crippen LogP contribution in [0.2, 0.25) is 0 Å². The van der Waals surface area contributed by atoms with Gasteiger partial charge in [0.25, 0.3) is 0 Å². The predicted octanol–water partition coefficient (Wildman–Crippen LogP) is 0.668. The van der Waals surface area contributed by atoms with Crippen molar-refractivity contribution in [2.24, 2.45) is 0 Å². The molecule has 3 rings (SSSR count). The van der Waals surface area contributed by atoms with Crippen LogP contribution in [0.5, 0.6) is 5.88 Å². The van der Waals surface area contributed by atoms with Crippen molar-refractivity contribution in [1.82, 2.24) is 20.6 Å². The molecule has 1 saturated heterocycles. The Morgan fingerprint density at radius 1 is 1.43 bits per heavy atom. The smallest absolute Gasteiger partial charge is 0.226 e. The van der Waals surface area contributed by atoms with Crippen molar-refractivity contribution in [3.63, 3.8) is 0 Å². The van der Waals surface area contributed by atoms with Gasteiger partial charge in [0.1, 0.15) is 17.5 Å². The highest BCUT2D eigenvalue weighted by Crippen LogP contribution is 2.16. The molecule has 8 heteroatoms. The molecule has 0 saturated carbocycles. The van der Waals surface area contributed by atoms with Crippen molar-refractivity contribution in [3.8, 4) is 5.88 Å². The van der Waals surface area contributed by atoms with E-state index in [1.165, 1.54) is 0 Å². The van der Waals surface area contributed by atoms with Gasteiger partial charge in [-0.2, -0.15) is 0 Å². The Balaban J connectivity index is 1.60. The van der Waals surface area contributed by atoms with Gasteiger partial charge < -0.3 is 14.8 Å². The van der Waals surface area contributed by atoms with Crippen LogP contribution in [0.15, 0.2) is 29.0 Å². The fraction of sp³-hybridized carbons (Fsp3) is 0.467. The van der Waals surface area contributed by atoms with Crippen LogP contribution in [0.25, 0.3) is 0 Å². The second-order valence-electron chi connectivity index (χ2n) is 5.33. The number of amides is 1. The number of nitrogens with one attached hydrogen (secondary N) is 1. The van der Waals surface area contributed by atoms with Crippen LogP contribution in [0, 0.1) is 6.92 Å². The Hall–Kier alpha value is -2.48. The summed E-state index contributed by atoms with van der Waals surface area (Å²) < 4.78 is 15.9. The SMILES string of the molecule is Cc1nonc1CC(=O)NC1COCCC1Oc1ccccn1. The number of nitrogens with zero attached hydrogens (tertiary/aromatic N) is 3. The summed E-state index contributed by atoms with van der Waals surface area (Å²) in [5.41, 5.74) is 1.14. The molecular formula is C15H18N4O4. The lowest BCUT2D eigenvalue weighted by Crippen LogP contribution is -2.52. The molecular weight excluding hydrogens is 300 g/mol. The fourth-order valence-electron chi connectivity index (χ4n) is 2.39. The van der Waals surface area contributed by atoms with Gasteiger partial charge in [-0.3, -0.25) is 4.79 Å². The Morgan fingerprint density at radius 3 is 3.09 bits per heavy atom. The van der Waals surface area contributed by atoms with Gasteiger partial charge in [0, 0.05) is 18.7 Å². The molecule has 3 heterocycles. The lowest BCUT2D eigenvalue weighted by atomic mass is 10.1. The molecule has 0 aliphatic carbocycles. The quantitative estimate of drug-likeness (QED) is 0.864. The van der Waals surface area contributed by atoms with E-state index in [4.69, 9.17) is 9.47 Å². The van der Waals surface area contributed by atoms with Gasteiger partial charge in [0.05, 0.1) is 25.7 Å². The van der Waals surface area contributed by atoms with E-state index < -0.39 is 0 Å². The number of aromatic nitrogens is 3. The number of rotatable bonds is 5.